The van der Waals surface area contributed by atoms with Crippen LogP contribution in [0, 0.1) is 17.8 Å². The van der Waals surface area contributed by atoms with E-state index < -0.39 is 0 Å². The van der Waals surface area contributed by atoms with E-state index in [1.165, 1.54) is 32.1 Å². The van der Waals surface area contributed by atoms with Crippen molar-refractivity contribution in [3.05, 3.63) is 0 Å². The molecule has 3 atom stereocenters. The molecule has 0 spiro atoms. The van der Waals surface area contributed by atoms with Crippen molar-refractivity contribution in [3.8, 4) is 0 Å². The summed E-state index contributed by atoms with van der Waals surface area (Å²) in [5.74, 6) is 2.61. The van der Waals surface area contributed by atoms with E-state index in [-0.39, 0.29) is 0 Å². The maximum absolute atomic E-state index is 5.53. The van der Waals surface area contributed by atoms with Crippen LogP contribution in [0.1, 0.15) is 46.0 Å². The normalized spacial score (nSPS) is 28.8. The lowest BCUT2D eigenvalue weighted by atomic mass is 9.75. The quantitative estimate of drug-likeness (QED) is 0.491. The fourth-order valence-corrected chi connectivity index (χ4v) is 3.60. The van der Waals surface area contributed by atoms with Gasteiger partial charge in [0.1, 0.15) is 0 Å². The summed E-state index contributed by atoms with van der Waals surface area (Å²) in [5.41, 5.74) is 0. The van der Waals surface area contributed by atoms with Gasteiger partial charge in [0.15, 0.2) is 0 Å². The third-order valence-electron chi connectivity index (χ3n) is 4.17. The van der Waals surface area contributed by atoms with Crippen LogP contribution >= 0.6 is 15.9 Å². The van der Waals surface area contributed by atoms with Crippen LogP contribution in [0.5, 0.6) is 0 Å². The highest BCUT2D eigenvalue weighted by Gasteiger charge is 2.29. The van der Waals surface area contributed by atoms with Gasteiger partial charge in [0.2, 0.25) is 0 Å². The van der Waals surface area contributed by atoms with Gasteiger partial charge in [0.05, 0.1) is 13.2 Å². The van der Waals surface area contributed by atoms with Crippen molar-refractivity contribution < 1.29 is 9.47 Å². The molecule has 0 aromatic heterocycles. The first kappa shape index (κ1) is 16.5. The van der Waals surface area contributed by atoms with Crippen molar-refractivity contribution in [2.45, 2.75) is 50.8 Å². The van der Waals surface area contributed by atoms with E-state index in [2.05, 4.69) is 29.8 Å². The van der Waals surface area contributed by atoms with Crippen molar-refractivity contribution in [2.75, 3.05) is 26.9 Å². The molecule has 2 nitrogen and oxygen atoms in total. The molecule has 0 bridgehead atoms. The molecule has 0 radical (unpaired) electrons. The average Bonchev–Trinajstić information content (AvgIpc) is 2.35. The molecule has 18 heavy (non-hydrogen) atoms. The third-order valence-corrected chi connectivity index (χ3v) is 5.37. The summed E-state index contributed by atoms with van der Waals surface area (Å²) in [4.78, 5) is 0.728. The standard InChI is InChI=1S/C15H29BrO2/c1-12(2)13-6-7-15(16)14(11-13)5-4-8-18-10-9-17-3/h12-15H,4-11H2,1-3H3. The van der Waals surface area contributed by atoms with Crippen molar-refractivity contribution in [1.29, 1.82) is 0 Å². The zero-order chi connectivity index (χ0) is 13.4. The zero-order valence-corrected chi connectivity index (χ0v) is 13.7. The minimum Gasteiger partial charge on any atom is -0.382 e. The first-order valence-corrected chi connectivity index (χ1v) is 8.27. The highest BCUT2D eigenvalue weighted by atomic mass is 79.9. The van der Waals surface area contributed by atoms with Gasteiger partial charge in [-0.25, -0.2) is 0 Å². The SMILES string of the molecule is COCCOCCCC1CC(C(C)C)CCC1Br. The molecule has 0 aromatic carbocycles. The molecule has 1 aliphatic rings. The summed E-state index contributed by atoms with van der Waals surface area (Å²) in [6.07, 6.45) is 6.62. The summed E-state index contributed by atoms with van der Waals surface area (Å²) in [6.45, 7) is 7.05. The Balaban J connectivity index is 2.15. The molecule has 1 saturated carbocycles. The molecule has 3 heteroatoms. The minimum atomic E-state index is 0.708. The Hall–Kier alpha value is 0.400. The molecular formula is C15H29BrO2. The van der Waals surface area contributed by atoms with Crippen LogP contribution in [0.25, 0.3) is 0 Å². The van der Waals surface area contributed by atoms with Crippen molar-refractivity contribution in [2.24, 2.45) is 17.8 Å². The first-order valence-electron chi connectivity index (χ1n) is 7.36. The second-order valence-corrected chi connectivity index (χ2v) is 7.02. The predicted octanol–water partition coefficient (Wildman–Crippen LogP) is 4.27. The van der Waals surface area contributed by atoms with Gasteiger partial charge in [0, 0.05) is 18.5 Å². The summed E-state index contributed by atoms with van der Waals surface area (Å²) >= 11 is 3.86. The summed E-state index contributed by atoms with van der Waals surface area (Å²) in [7, 11) is 1.72. The van der Waals surface area contributed by atoms with Gasteiger partial charge < -0.3 is 9.47 Å². The molecule has 0 aromatic rings. The molecule has 1 aliphatic carbocycles. The van der Waals surface area contributed by atoms with E-state index in [4.69, 9.17) is 9.47 Å². The Morgan fingerprint density at radius 3 is 2.61 bits per heavy atom. The molecule has 1 rings (SSSR count). The molecule has 0 saturated heterocycles. The molecule has 0 aliphatic heterocycles. The molecule has 0 N–H and O–H groups in total. The lowest BCUT2D eigenvalue weighted by Gasteiger charge is -2.35. The van der Waals surface area contributed by atoms with Crippen molar-refractivity contribution in [1.82, 2.24) is 0 Å². The van der Waals surface area contributed by atoms with Crippen LogP contribution in [-0.4, -0.2) is 31.8 Å². The van der Waals surface area contributed by atoms with E-state index >= 15 is 0 Å². The smallest absolute Gasteiger partial charge is 0.0700 e. The van der Waals surface area contributed by atoms with Gasteiger partial charge in [-0.05, 0) is 49.9 Å². The largest absolute Gasteiger partial charge is 0.382 e. The van der Waals surface area contributed by atoms with Gasteiger partial charge in [-0.2, -0.15) is 0 Å². The van der Waals surface area contributed by atoms with E-state index in [0.29, 0.717) is 6.61 Å². The molecular weight excluding hydrogens is 292 g/mol. The molecule has 1 fully saturated rings. The fraction of sp³-hybridized carbons (Fsp3) is 1.00. The lowest BCUT2D eigenvalue weighted by Crippen LogP contribution is -2.27. The average molecular weight is 321 g/mol. The summed E-state index contributed by atoms with van der Waals surface area (Å²) in [5, 5.41) is 0. The number of methoxy groups -OCH3 is 1. The summed E-state index contributed by atoms with van der Waals surface area (Å²) < 4.78 is 10.5. The maximum Gasteiger partial charge on any atom is 0.0700 e. The van der Waals surface area contributed by atoms with Gasteiger partial charge in [-0.1, -0.05) is 29.8 Å². The van der Waals surface area contributed by atoms with Crippen LogP contribution < -0.4 is 0 Å². The maximum atomic E-state index is 5.53. The van der Waals surface area contributed by atoms with Gasteiger partial charge in [-0.3, -0.25) is 0 Å². The van der Waals surface area contributed by atoms with Crippen molar-refractivity contribution >= 4 is 15.9 Å². The number of alkyl halides is 1. The Morgan fingerprint density at radius 1 is 1.17 bits per heavy atom. The molecule has 0 amide bonds. The van der Waals surface area contributed by atoms with Gasteiger partial charge in [0.25, 0.3) is 0 Å². The topological polar surface area (TPSA) is 18.5 Å². The first-order chi connectivity index (χ1) is 8.65. The Kier molecular flexibility index (Phi) is 8.53. The molecule has 0 heterocycles. The monoisotopic (exact) mass is 320 g/mol. The van der Waals surface area contributed by atoms with Crippen LogP contribution in [0.2, 0.25) is 0 Å². The van der Waals surface area contributed by atoms with E-state index in [0.717, 1.165) is 35.8 Å². The Labute approximate surface area is 121 Å². The fourth-order valence-electron chi connectivity index (χ4n) is 2.86. The van der Waals surface area contributed by atoms with Crippen LogP contribution in [0.3, 0.4) is 0 Å². The number of rotatable bonds is 8. The molecule has 3 unspecified atom stereocenters. The van der Waals surface area contributed by atoms with Crippen LogP contribution in [0.15, 0.2) is 0 Å². The Morgan fingerprint density at radius 2 is 1.94 bits per heavy atom. The van der Waals surface area contributed by atoms with E-state index in [9.17, 15) is 0 Å². The van der Waals surface area contributed by atoms with E-state index in [1.807, 2.05) is 0 Å². The minimum absolute atomic E-state index is 0.708. The second kappa shape index (κ2) is 9.33. The highest BCUT2D eigenvalue weighted by Crippen LogP contribution is 2.39. The van der Waals surface area contributed by atoms with Gasteiger partial charge >= 0.3 is 0 Å². The van der Waals surface area contributed by atoms with Crippen LogP contribution in [-0.2, 0) is 9.47 Å². The van der Waals surface area contributed by atoms with Gasteiger partial charge in [-0.15, -0.1) is 0 Å². The number of hydrogen-bond acceptors (Lipinski definition) is 2. The van der Waals surface area contributed by atoms with Crippen molar-refractivity contribution in [3.63, 3.8) is 0 Å². The number of hydrogen-bond donors (Lipinski definition) is 0. The Bertz CT molecular complexity index is 209. The highest BCUT2D eigenvalue weighted by molar-refractivity contribution is 9.09. The predicted molar refractivity (Wildman–Crippen MR) is 80.3 cm³/mol. The molecule has 108 valence electrons. The summed E-state index contributed by atoms with van der Waals surface area (Å²) in [6, 6.07) is 0. The van der Waals surface area contributed by atoms with Crippen LogP contribution in [0.4, 0.5) is 0 Å². The number of halogens is 1. The zero-order valence-electron chi connectivity index (χ0n) is 12.2. The van der Waals surface area contributed by atoms with E-state index in [1.54, 1.807) is 7.11 Å². The lowest BCUT2D eigenvalue weighted by molar-refractivity contribution is 0.0656. The number of ether oxygens (including phenoxy) is 2. The second-order valence-electron chi connectivity index (χ2n) is 5.84. The third kappa shape index (κ3) is 6.03.